The molecule has 1 fully saturated rings. The number of carbonyl (C=O) groups excluding carboxylic acids is 1. The molecule has 0 aromatic heterocycles. The van der Waals surface area contributed by atoms with E-state index < -0.39 is 11.9 Å². The molecule has 0 saturated carbocycles. The van der Waals surface area contributed by atoms with E-state index in [1.54, 1.807) is 6.92 Å². The second-order valence-electron chi connectivity index (χ2n) is 5.17. The third-order valence-corrected chi connectivity index (χ3v) is 3.59. The topological polar surface area (TPSA) is 69.6 Å². The molecule has 0 aliphatic carbocycles. The van der Waals surface area contributed by atoms with Crippen molar-refractivity contribution in [1.29, 1.82) is 0 Å². The Bertz CT molecular complexity index is 294. The number of carboxylic acids is 1. The van der Waals surface area contributed by atoms with Crippen molar-refractivity contribution < 1.29 is 14.7 Å². The van der Waals surface area contributed by atoms with E-state index in [0.717, 1.165) is 13.1 Å². The van der Waals surface area contributed by atoms with Crippen molar-refractivity contribution in [3.05, 3.63) is 0 Å². The molecule has 0 bridgehead atoms. The molecule has 0 spiro atoms. The number of hydrogen-bond donors (Lipinski definition) is 2. The van der Waals surface area contributed by atoms with Crippen LogP contribution >= 0.6 is 0 Å². The first-order valence-electron chi connectivity index (χ1n) is 6.74. The number of hydrogen-bond acceptors (Lipinski definition) is 3. The zero-order valence-corrected chi connectivity index (χ0v) is 11.3. The highest BCUT2D eigenvalue weighted by Gasteiger charge is 2.19. The fraction of sp³-hybridized carbons (Fsp3) is 0.846. The van der Waals surface area contributed by atoms with Gasteiger partial charge in [0.05, 0.1) is 5.92 Å². The second-order valence-corrected chi connectivity index (χ2v) is 5.17. The Hall–Kier alpha value is -1.10. The van der Waals surface area contributed by atoms with Gasteiger partial charge in [0.15, 0.2) is 0 Å². The molecule has 1 rings (SSSR count). The number of likely N-dealkylation sites (tertiary alicyclic amines) is 1. The van der Waals surface area contributed by atoms with E-state index in [4.69, 9.17) is 5.11 Å². The minimum Gasteiger partial charge on any atom is -0.481 e. The van der Waals surface area contributed by atoms with Gasteiger partial charge in [0.2, 0.25) is 5.91 Å². The van der Waals surface area contributed by atoms with Crippen LogP contribution in [0.15, 0.2) is 0 Å². The van der Waals surface area contributed by atoms with E-state index in [-0.39, 0.29) is 12.5 Å². The largest absolute Gasteiger partial charge is 0.481 e. The van der Waals surface area contributed by atoms with Crippen LogP contribution in [0.4, 0.5) is 0 Å². The van der Waals surface area contributed by atoms with Gasteiger partial charge in [0.1, 0.15) is 0 Å². The number of piperidine rings is 1. The third-order valence-electron chi connectivity index (χ3n) is 3.59. The quantitative estimate of drug-likeness (QED) is 0.746. The first kappa shape index (κ1) is 15.0. The lowest BCUT2D eigenvalue weighted by molar-refractivity contribution is -0.141. The summed E-state index contributed by atoms with van der Waals surface area (Å²) in [4.78, 5) is 24.5. The standard InChI is InChI=1S/C13H24N2O3/c1-10(13(17)18)9-14-12(16)6-8-15-7-4-3-5-11(15)2/h10-11H,3-9H2,1-2H3,(H,14,16)(H,17,18). The van der Waals surface area contributed by atoms with Crippen LogP contribution in [0.2, 0.25) is 0 Å². The van der Waals surface area contributed by atoms with Crippen LogP contribution in [0.25, 0.3) is 0 Å². The van der Waals surface area contributed by atoms with Gasteiger partial charge in [-0.1, -0.05) is 13.3 Å². The monoisotopic (exact) mass is 256 g/mol. The van der Waals surface area contributed by atoms with E-state index in [9.17, 15) is 9.59 Å². The number of nitrogens with zero attached hydrogens (tertiary/aromatic N) is 1. The molecule has 0 radical (unpaired) electrons. The molecule has 1 amide bonds. The van der Waals surface area contributed by atoms with Crippen LogP contribution < -0.4 is 5.32 Å². The average molecular weight is 256 g/mol. The van der Waals surface area contributed by atoms with Crippen LogP contribution in [-0.4, -0.2) is 47.6 Å². The van der Waals surface area contributed by atoms with Gasteiger partial charge in [0.25, 0.3) is 0 Å². The van der Waals surface area contributed by atoms with Gasteiger partial charge >= 0.3 is 5.97 Å². The summed E-state index contributed by atoms with van der Waals surface area (Å²) in [7, 11) is 0. The van der Waals surface area contributed by atoms with E-state index in [0.29, 0.717) is 12.5 Å². The Morgan fingerprint density at radius 2 is 2.17 bits per heavy atom. The Balaban J connectivity index is 2.18. The van der Waals surface area contributed by atoms with Crippen molar-refractivity contribution >= 4 is 11.9 Å². The smallest absolute Gasteiger partial charge is 0.308 e. The SMILES string of the molecule is CC(CNC(=O)CCN1CCCCC1C)C(=O)O. The summed E-state index contributed by atoms with van der Waals surface area (Å²) >= 11 is 0. The molecular weight excluding hydrogens is 232 g/mol. The van der Waals surface area contributed by atoms with Crippen LogP contribution in [0.3, 0.4) is 0 Å². The van der Waals surface area contributed by atoms with Gasteiger partial charge in [0, 0.05) is 25.6 Å². The highest BCUT2D eigenvalue weighted by Crippen LogP contribution is 2.16. The fourth-order valence-electron chi connectivity index (χ4n) is 2.18. The summed E-state index contributed by atoms with van der Waals surface area (Å²) in [5, 5.41) is 11.4. The van der Waals surface area contributed by atoms with E-state index in [1.807, 2.05) is 0 Å². The first-order chi connectivity index (χ1) is 8.50. The Labute approximate surface area is 109 Å². The molecule has 2 atom stereocenters. The van der Waals surface area contributed by atoms with Crippen molar-refractivity contribution in [2.45, 2.75) is 45.6 Å². The van der Waals surface area contributed by atoms with Gasteiger partial charge in [-0.25, -0.2) is 0 Å². The predicted molar refractivity (Wildman–Crippen MR) is 69.3 cm³/mol. The highest BCUT2D eigenvalue weighted by molar-refractivity contribution is 5.77. The second kappa shape index (κ2) is 7.36. The number of carbonyl (C=O) groups is 2. The van der Waals surface area contributed by atoms with E-state index in [2.05, 4.69) is 17.1 Å². The summed E-state index contributed by atoms with van der Waals surface area (Å²) < 4.78 is 0. The lowest BCUT2D eigenvalue weighted by Crippen LogP contribution is -2.40. The number of carboxylic acid groups (broad SMARTS) is 1. The molecule has 1 aliphatic rings. The molecule has 1 heterocycles. The molecule has 2 unspecified atom stereocenters. The molecule has 5 nitrogen and oxygen atoms in total. The lowest BCUT2D eigenvalue weighted by atomic mass is 10.0. The zero-order chi connectivity index (χ0) is 13.5. The van der Waals surface area contributed by atoms with Crippen molar-refractivity contribution in [3.8, 4) is 0 Å². The normalized spacial score (nSPS) is 22.4. The summed E-state index contributed by atoms with van der Waals surface area (Å²) in [6.07, 6.45) is 4.15. The summed E-state index contributed by atoms with van der Waals surface area (Å²) in [5.41, 5.74) is 0. The summed E-state index contributed by atoms with van der Waals surface area (Å²) in [5.74, 6) is -1.45. The zero-order valence-electron chi connectivity index (χ0n) is 11.3. The van der Waals surface area contributed by atoms with Crippen LogP contribution in [-0.2, 0) is 9.59 Å². The summed E-state index contributed by atoms with van der Waals surface area (Å²) in [6, 6.07) is 0.560. The third kappa shape index (κ3) is 5.04. The van der Waals surface area contributed by atoms with E-state index >= 15 is 0 Å². The molecule has 1 saturated heterocycles. The fourth-order valence-corrected chi connectivity index (χ4v) is 2.18. The Morgan fingerprint density at radius 1 is 1.44 bits per heavy atom. The van der Waals surface area contributed by atoms with Crippen LogP contribution in [0, 0.1) is 5.92 Å². The van der Waals surface area contributed by atoms with Gasteiger partial charge in [-0.3, -0.25) is 9.59 Å². The minimum atomic E-state index is -0.875. The van der Waals surface area contributed by atoms with Crippen molar-refractivity contribution in [1.82, 2.24) is 10.2 Å². The molecule has 104 valence electrons. The Kier molecular flexibility index (Phi) is 6.12. The van der Waals surface area contributed by atoms with Crippen molar-refractivity contribution in [2.75, 3.05) is 19.6 Å². The molecule has 2 N–H and O–H groups in total. The number of rotatable bonds is 6. The van der Waals surface area contributed by atoms with Gasteiger partial charge in [-0.05, 0) is 26.3 Å². The number of aliphatic carboxylic acids is 1. The van der Waals surface area contributed by atoms with Gasteiger partial charge in [-0.2, -0.15) is 0 Å². The van der Waals surface area contributed by atoms with Crippen LogP contribution in [0.5, 0.6) is 0 Å². The number of amides is 1. The van der Waals surface area contributed by atoms with Crippen molar-refractivity contribution in [2.24, 2.45) is 5.92 Å². The molecule has 18 heavy (non-hydrogen) atoms. The molecule has 1 aliphatic heterocycles. The first-order valence-corrected chi connectivity index (χ1v) is 6.74. The minimum absolute atomic E-state index is 0.0547. The van der Waals surface area contributed by atoms with Gasteiger partial charge < -0.3 is 15.3 Å². The summed E-state index contributed by atoms with van der Waals surface area (Å²) in [6.45, 7) is 5.84. The molecule has 0 aromatic rings. The van der Waals surface area contributed by atoms with Crippen molar-refractivity contribution in [3.63, 3.8) is 0 Å². The predicted octanol–water partition coefficient (Wildman–Crippen LogP) is 1.09. The maximum atomic E-state index is 11.6. The molecule has 0 aromatic carbocycles. The maximum absolute atomic E-state index is 11.6. The molecule has 5 heteroatoms. The Morgan fingerprint density at radius 3 is 2.78 bits per heavy atom. The van der Waals surface area contributed by atoms with Crippen LogP contribution in [0.1, 0.15) is 39.5 Å². The van der Waals surface area contributed by atoms with Gasteiger partial charge in [-0.15, -0.1) is 0 Å². The highest BCUT2D eigenvalue weighted by atomic mass is 16.4. The lowest BCUT2D eigenvalue weighted by Gasteiger charge is -2.33. The average Bonchev–Trinajstić information content (AvgIpc) is 2.34. The van der Waals surface area contributed by atoms with E-state index in [1.165, 1.54) is 19.3 Å². The number of nitrogens with one attached hydrogen (secondary N) is 1. The molecular formula is C13H24N2O3. The maximum Gasteiger partial charge on any atom is 0.308 e.